The molecule has 43 heavy (non-hydrogen) atoms. The largest absolute Gasteiger partial charge is 0.492 e. The summed E-state index contributed by atoms with van der Waals surface area (Å²) in [5.74, 6) is -1.43. The Morgan fingerprint density at radius 3 is 2.12 bits per heavy atom. The Kier molecular flexibility index (Phi) is 13.9. The van der Waals surface area contributed by atoms with E-state index in [9.17, 15) is 50.8 Å². The maximum absolute atomic E-state index is 12.1. The quantitative estimate of drug-likeness (QED) is 0.0845. The maximum Gasteiger partial charge on any atom is 0.333 e. The van der Waals surface area contributed by atoms with Gasteiger partial charge in [0.2, 0.25) is 11.8 Å². The van der Waals surface area contributed by atoms with Crippen LogP contribution in [0.4, 0.5) is 0 Å². The van der Waals surface area contributed by atoms with E-state index >= 15 is 0 Å². The van der Waals surface area contributed by atoms with Crippen LogP contribution in [-0.4, -0.2) is 156 Å². The number of carbonyl (C=O) groups excluding carboxylic acids is 1. The lowest BCUT2D eigenvalue weighted by Gasteiger charge is -2.40. The standard InChI is InChI=1S/C27H46N2O14/c1-15-21(34)24(37)22(35)16(41-15)6-5-11-28(12-13-40-27-26(39)25(38)23(36)17(14-30)42-27)10-4-2-3-7-20(33)43-29-18(31)8-9-19(29)32/h8-9,15-17,21-27,30-32,34-39H,2-7,10-14H2,1H3/t15-,16-,17+,21+,22+,23+,24+,25-,26-,27-/m0/s1. The van der Waals surface area contributed by atoms with E-state index in [0.29, 0.717) is 56.5 Å². The van der Waals surface area contributed by atoms with Crippen LogP contribution in [-0.2, 0) is 19.0 Å². The summed E-state index contributed by atoms with van der Waals surface area (Å²) in [5, 5.41) is 89.0. The average molecular weight is 623 g/mol. The monoisotopic (exact) mass is 622 g/mol. The second-order valence-electron chi connectivity index (χ2n) is 11.0. The molecule has 2 aliphatic heterocycles. The first-order valence-electron chi connectivity index (χ1n) is 14.6. The van der Waals surface area contributed by atoms with Gasteiger partial charge in [0.1, 0.15) is 42.7 Å². The van der Waals surface area contributed by atoms with E-state index in [1.54, 1.807) is 6.92 Å². The molecule has 3 heterocycles. The van der Waals surface area contributed by atoms with E-state index in [-0.39, 0.29) is 13.0 Å². The van der Waals surface area contributed by atoms with Gasteiger partial charge in [-0.2, -0.15) is 0 Å². The molecule has 0 amide bonds. The molecule has 9 N–H and O–H groups in total. The van der Waals surface area contributed by atoms with Gasteiger partial charge >= 0.3 is 5.97 Å². The molecule has 0 spiro atoms. The van der Waals surface area contributed by atoms with Crippen LogP contribution in [0.15, 0.2) is 12.1 Å². The molecular formula is C27H46N2O14. The summed E-state index contributed by atoms with van der Waals surface area (Å²) in [6.45, 7) is 2.61. The lowest BCUT2D eigenvalue weighted by molar-refractivity contribution is -0.301. The van der Waals surface area contributed by atoms with Gasteiger partial charge in [-0.3, -0.25) is 0 Å². The number of nitrogens with zero attached hydrogens (tertiary/aromatic N) is 2. The van der Waals surface area contributed by atoms with Crippen molar-refractivity contribution < 1.29 is 69.8 Å². The molecule has 2 fully saturated rings. The van der Waals surface area contributed by atoms with E-state index in [2.05, 4.69) is 0 Å². The minimum atomic E-state index is -1.55. The number of aliphatic hydroxyl groups is 7. The smallest absolute Gasteiger partial charge is 0.333 e. The molecule has 16 nitrogen and oxygen atoms in total. The third-order valence-electron chi connectivity index (χ3n) is 7.80. The highest BCUT2D eigenvalue weighted by Gasteiger charge is 2.44. The molecule has 2 saturated heterocycles. The van der Waals surface area contributed by atoms with Gasteiger partial charge in [-0.1, -0.05) is 6.42 Å². The van der Waals surface area contributed by atoms with Gasteiger partial charge in [0.05, 0.1) is 25.4 Å². The van der Waals surface area contributed by atoms with E-state index in [4.69, 9.17) is 19.0 Å². The minimum absolute atomic E-state index is 0.0561. The van der Waals surface area contributed by atoms with Crippen LogP contribution < -0.4 is 4.84 Å². The number of carbonyl (C=O) groups is 1. The van der Waals surface area contributed by atoms with E-state index < -0.39 is 85.6 Å². The first-order chi connectivity index (χ1) is 20.4. The lowest BCUT2D eigenvalue weighted by Crippen LogP contribution is -2.59. The molecule has 3 rings (SSSR count). The second-order valence-corrected chi connectivity index (χ2v) is 11.0. The van der Waals surface area contributed by atoms with Crippen molar-refractivity contribution in [3.63, 3.8) is 0 Å². The first kappa shape index (κ1) is 35.4. The molecule has 0 bridgehead atoms. The van der Waals surface area contributed by atoms with Crippen LogP contribution in [0.1, 0.15) is 45.4 Å². The van der Waals surface area contributed by atoms with Crippen LogP contribution in [0, 0.1) is 0 Å². The van der Waals surface area contributed by atoms with Gasteiger partial charge in [-0.15, -0.1) is 4.73 Å². The van der Waals surface area contributed by atoms with Gasteiger partial charge in [0, 0.05) is 25.1 Å². The summed E-state index contributed by atoms with van der Waals surface area (Å²) in [5.41, 5.74) is 0. The number of aromatic hydroxyl groups is 2. The highest BCUT2D eigenvalue weighted by Crippen LogP contribution is 2.25. The molecule has 0 aromatic carbocycles. The molecule has 0 aliphatic carbocycles. The van der Waals surface area contributed by atoms with E-state index in [1.165, 1.54) is 12.1 Å². The van der Waals surface area contributed by atoms with Crippen molar-refractivity contribution in [2.45, 2.75) is 107 Å². The van der Waals surface area contributed by atoms with Crippen LogP contribution >= 0.6 is 0 Å². The van der Waals surface area contributed by atoms with Crippen molar-refractivity contribution in [1.82, 2.24) is 9.63 Å². The fraction of sp³-hybridized carbons (Fsp3) is 0.815. The number of aromatic nitrogens is 1. The van der Waals surface area contributed by atoms with Crippen LogP contribution in [0.2, 0.25) is 0 Å². The van der Waals surface area contributed by atoms with Gasteiger partial charge in [0.25, 0.3) is 0 Å². The van der Waals surface area contributed by atoms with Crippen molar-refractivity contribution in [2.75, 3.05) is 32.8 Å². The number of unbranched alkanes of at least 4 members (excludes halogenated alkanes) is 2. The summed E-state index contributed by atoms with van der Waals surface area (Å²) >= 11 is 0. The minimum Gasteiger partial charge on any atom is -0.492 e. The van der Waals surface area contributed by atoms with E-state index in [0.717, 1.165) is 0 Å². The molecule has 248 valence electrons. The number of hydrogen-bond donors (Lipinski definition) is 9. The fourth-order valence-corrected chi connectivity index (χ4v) is 5.15. The van der Waals surface area contributed by atoms with Crippen molar-refractivity contribution in [1.29, 1.82) is 0 Å². The zero-order valence-corrected chi connectivity index (χ0v) is 24.2. The van der Waals surface area contributed by atoms with Crippen LogP contribution in [0.25, 0.3) is 0 Å². The summed E-state index contributed by atoms with van der Waals surface area (Å²) in [7, 11) is 0. The summed E-state index contributed by atoms with van der Waals surface area (Å²) in [6, 6.07) is 2.37. The molecule has 0 saturated carbocycles. The zero-order valence-electron chi connectivity index (χ0n) is 24.2. The number of aliphatic hydroxyl groups excluding tert-OH is 7. The van der Waals surface area contributed by atoms with Gasteiger partial charge in [0.15, 0.2) is 6.29 Å². The van der Waals surface area contributed by atoms with Crippen molar-refractivity contribution in [2.24, 2.45) is 0 Å². The summed E-state index contributed by atoms with van der Waals surface area (Å²) in [4.78, 5) is 19.0. The highest BCUT2D eigenvalue weighted by molar-refractivity contribution is 5.69. The predicted octanol–water partition coefficient (Wildman–Crippen LogP) is -2.82. The lowest BCUT2D eigenvalue weighted by atomic mass is 9.93. The first-order valence-corrected chi connectivity index (χ1v) is 14.6. The van der Waals surface area contributed by atoms with Crippen LogP contribution in [0.5, 0.6) is 11.8 Å². The van der Waals surface area contributed by atoms with Crippen molar-refractivity contribution in [3.8, 4) is 11.8 Å². The molecule has 2 aliphatic rings. The summed E-state index contributed by atoms with van der Waals surface area (Å²) in [6.07, 6.45) is -9.10. The molecule has 10 atom stereocenters. The van der Waals surface area contributed by atoms with Gasteiger partial charge < -0.3 is 69.9 Å². The zero-order chi connectivity index (χ0) is 31.7. The Morgan fingerprint density at radius 2 is 1.44 bits per heavy atom. The normalized spacial score (nSPS) is 33.1. The third kappa shape index (κ3) is 9.70. The second kappa shape index (κ2) is 16.8. The Labute approximate surface area is 249 Å². The maximum atomic E-state index is 12.1. The number of ether oxygens (including phenoxy) is 3. The number of hydrogen-bond acceptors (Lipinski definition) is 15. The predicted molar refractivity (Wildman–Crippen MR) is 146 cm³/mol. The molecule has 0 unspecified atom stereocenters. The molecule has 0 radical (unpaired) electrons. The molecule has 1 aromatic heterocycles. The molecular weight excluding hydrogens is 576 g/mol. The summed E-state index contributed by atoms with van der Waals surface area (Å²) < 4.78 is 17.3. The van der Waals surface area contributed by atoms with Gasteiger partial charge in [-0.25, -0.2) is 4.79 Å². The van der Waals surface area contributed by atoms with Crippen molar-refractivity contribution in [3.05, 3.63) is 12.1 Å². The Morgan fingerprint density at radius 1 is 0.814 bits per heavy atom. The topological polar surface area (TPSA) is 244 Å². The Balaban J connectivity index is 1.47. The molecule has 1 aromatic rings. The third-order valence-corrected chi connectivity index (χ3v) is 7.80. The van der Waals surface area contributed by atoms with E-state index in [1.807, 2.05) is 4.90 Å². The number of rotatable bonds is 16. The van der Waals surface area contributed by atoms with Crippen molar-refractivity contribution >= 4 is 5.97 Å². The van der Waals surface area contributed by atoms with Crippen LogP contribution in [0.3, 0.4) is 0 Å². The fourth-order valence-electron chi connectivity index (χ4n) is 5.15. The van der Waals surface area contributed by atoms with Gasteiger partial charge in [-0.05, 0) is 45.7 Å². The highest BCUT2D eigenvalue weighted by atomic mass is 16.7. The average Bonchev–Trinajstić information content (AvgIpc) is 3.30. The molecule has 16 heteroatoms. The Bertz CT molecular complexity index is 960. The SMILES string of the molecule is C[C@@H]1O[C@@H](CCCN(CCCCCC(=O)On2c(O)ccc2O)CCO[C@H]2O[C@H](CO)[C@@H](O)[C@H](O)[C@@H]2O)[C@@H](O)[C@H](O)[C@@H]1O. The Hall–Kier alpha value is -2.09.